The van der Waals surface area contributed by atoms with Gasteiger partial charge in [-0.15, -0.1) is 0 Å². The van der Waals surface area contributed by atoms with Gasteiger partial charge in [-0.25, -0.2) is 4.68 Å². The van der Waals surface area contributed by atoms with Gasteiger partial charge in [0.15, 0.2) is 5.69 Å². The van der Waals surface area contributed by atoms with Crippen LogP contribution >= 0.6 is 0 Å². The Labute approximate surface area is 140 Å². The van der Waals surface area contributed by atoms with E-state index in [-0.39, 0.29) is 5.91 Å². The first-order valence-corrected chi connectivity index (χ1v) is 7.70. The van der Waals surface area contributed by atoms with Crippen molar-refractivity contribution in [1.29, 1.82) is 0 Å². The van der Waals surface area contributed by atoms with E-state index in [0.29, 0.717) is 12.2 Å². The quantitative estimate of drug-likeness (QED) is 0.785. The Hall–Kier alpha value is -3.08. The van der Waals surface area contributed by atoms with Gasteiger partial charge >= 0.3 is 0 Å². The highest BCUT2D eigenvalue weighted by molar-refractivity contribution is 5.92. The SMILES string of the molecule is COc1cccc(-n2nc(C(=O)NCc3ccccc3)cc2C)c1. The molecule has 1 amide bonds. The lowest BCUT2D eigenvalue weighted by atomic mass is 10.2. The fourth-order valence-electron chi connectivity index (χ4n) is 2.46. The van der Waals surface area contributed by atoms with Crippen molar-refractivity contribution in [3.63, 3.8) is 0 Å². The first kappa shape index (κ1) is 15.8. The van der Waals surface area contributed by atoms with E-state index in [4.69, 9.17) is 4.74 Å². The molecule has 3 rings (SSSR count). The van der Waals surface area contributed by atoms with Crippen molar-refractivity contribution in [3.05, 3.63) is 77.6 Å². The average Bonchev–Trinajstić information content (AvgIpc) is 3.02. The first-order chi connectivity index (χ1) is 11.7. The number of nitrogens with one attached hydrogen (secondary N) is 1. The predicted octanol–water partition coefficient (Wildman–Crippen LogP) is 3.12. The fourth-order valence-corrected chi connectivity index (χ4v) is 2.46. The summed E-state index contributed by atoms with van der Waals surface area (Å²) in [6, 6.07) is 19.1. The van der Waals surface area contributed by atoms with Gasteiger partial charge < -0.3 is 10.1 Å². The molecule has 2 aromatic carbocycles. The molecule has 3 aromatic rings. The smallest absolute Gasteiger partial charge is 0.272 e. The number of ether oxygens (including phenoxy) is 1. The molecule has 1 heterocycles. The molecule has 0 spiro atoms. The minimum atomic E-state index is -0.191. The number of carbonyl (C=O) groups excluding carboxylic acids is 1. The van der Waals surface area contributed by atoms with Crippen LogP contribution in [0, 0.1) is 6.92 Å². The lowest BCUT2D eigenvalue weighted by Crippen LogP contribution is -2.23. The van der Waals surface area contributed by atoms with Gasteiger partial charge in [0.25, 0.3) is 5.91 Å². The molecule has 0 fully saturated rings. The third-order valence-corrected chi connectivity index (χ3v) is 3.71. The number of rotatable bonds is 5. The van der Waals surface area contributed by atoms with E-state index < -0.39 is 0 Å². The van der Waals surface area contributed by atoms with E-state index in [0.717, 1.165) is 22.7 Å². The van der Waals surface area contributed by atoms with Crippen LogP contribution in [0.5, 0.6) is 5.75 Å². The first-order valence-electron chi connectivity index (χ1n) is 7.70. The van der Waals surface area contributed by atoms with Crippen molar-refractivity contribution >= 4 is 5.91 Å². The van der Waals surface area contributed by atoms with Gasteiger partial charge in [0, 0.05) is 18.3 Å². The van der Waals surface area contributed by atoms with E-state index in [2.05, 4.69) is 10.4 Å². The van der Waals surface area contributed by atoms with E-state index >= 15 is 0 Å². The van der Waals surface area contributed by atoms with Gasteiger partial charge in [-0.1, -0.05) is 36.4 Å². The maximum Gasteiger partial charge on any atom is 0.272 e. The van der Waals surface area contributed by atoms with Crippen LogP contribution in [0.3, 0.4) is 0 Å². The Morgan fingerprint density at radius 1 is 1.12 bits per heavy atom. The zero-order valence-corrected chi connectivity index (χ0v) is 13.7. The van der Waals surface area contributed by atoms with Crippen molar-refractivity contribution in [2.24, 2.45) is 0 Å². The number of amides is 1. The van der Waals surface area contributed by atoms with Gasteiger partial charge in [0.1, 0.15) is 5.75 Å². The number of hydrogen-bond donors (Lipinski definition) is 1. The highest BCUT2D eigenvalue weighted by Gasteiger charge is 2.13. The standard InChI is InChI=1S/C19H19N3O2/c1-14-11-18(19(23)20-13-15-7-4-3-5-8-15)21-22(14)16-9-6-10-17(12-16)24-2/h3-12H,13H2,1-2H3,(H,20,23). The van der Waals surface area contributed by atoms with Crippen molar-refractivity contribution in [2.45, 2.75) is 13.5 Å². The molecule has 0 atom stereocenters. The van der Waals surface area contributed by atoms with Gasteiger partial charge in [-0.05, 0) is 30.7 Å². The van der Waals surface area contributed by atoms with Gasteiger partial charge in [0.2, 0.25) is 0 Å². The maximum atomic E-state index is 12.3. The van der Waals surface area contributed by atoms with Crippen LogP contribution < -0.4 is 10.1 Å². The van der Waals surface area contributed by atoms with Gasteiger partial charge in [0.05, 0.1) is 12.8 Å². The molecule has 0 aliphatic heterocycles. The van der Waals surface area contributed by atoms with Crippen molar-refractivity contribution in [3.8, 4) is 11.4 Å². The fraction of sp³-hybridized carbons (Fsp3) is 0.158. The molecule has 0 bridgehead atoms. The summed E-state index contributed by atoms with van der Waals surface area (Å²) in [6.45, 7) is 2.39. The molecule has 122 valence electrons. The van der Waals surface area contributed by atoms with Crippen LogP contribution in [0.2, 0.25) is 0 Å². The zero-order chi connectivity index (χ0) is 16.9. The highest BCUT2D eigenvalue weighted by Crippen LogP contribution is 2.18. The number of hydrogen-bond acceptors (Lipinski definition) is 3. The van der Waals surface area contributed by atoms with E-state index in [1.54, 1.807) is 17.9 Å². The molecule has 0 unspecified atom stereocenters. The highest BCUT2D eigenvalue weighted by atomic mass is 16.5. The molecule has 0 saturated heterocycles. The predicted molar refractivity (Wildman–Crippen MR) is 92.5 cm³/mol. The number of benzene rings is 2. The van der Waals surface area contributed by atoms with Gasteiger partial charge in [-0.3, -0.25) is 4.79 Å². The van der Waals surface area contributed by atoms with E-state index in [1.807, 2.05) is 61.5 Å². The molecule has 0 saturated carbocycles. The summed E-state index contributed by atoms with van der Waals surface area (Å²) in [4.78, 5) is 12.3. The molecule has 5 heteroatoms. The van der Waals surface area contributed by atoms with Crippen LogP contribution in [0.25, 0.3) is 5.69 Å². The lowest BCUT2D eigenvalue weighted by molar-refractivity contribution is 0.0945. The van der Waals surface area contributed by atoms with Gasteiger partial charge in [-0.2, -0.15) is 5.10 Å². The Morgan fingerprint density at radius 2 is 1.92 bits per heavy atom. The molecular formula is C19H19N3O2. The Morgan fingerprint density at radius 3 is 2.67 bits per heavy atom. The second-order valence-corrected chi connectivity index (χ2v) is 5.45. The van der Waals surface area contributed by atoms with Crippen molar-refractivity contribution < 1.29 is 9.53 Å². The zero-order valence-electron chi connectivity index (χ0n) is 13.7. The lowest BCUT2D eigenvalue weighted by Gasteiger charge is -2.06. The van der Waals surface area contributed by atoms with Crippen LogP contribution in [0.4, 0.5) is 0 Å². The number of carbonyl (C=O) groups is 1. The average molecular weight is 321 g/mol. The van der Waals surface area contributed by atoms with Crippen LogP contribution in [0.1, 0.15) is 21.7 Å². The maximum absolute atomic E-state index is 12.3. The summed E-state index contributed by atoms with van der Waals surface area (Å²) < 4.78 is 6.97. The third-order valence-electron chi connectivity index (χ3n) is 3.71. The second kappa shape index (κ2) is 7.00. The van der Waals surface area contributed by atoms with Crippen LogP contribution in [-0.2, 0) is 6.54 Å². The molecule has 1 N–H and O–H groups in total. The van der Waals surface area contributed by atoms with E-state index in [1.165, 1.54) is 0 Å². The summed E-state index contributed by atoms with van der Waals surface area (Å²) in [5, 5.41) is 7.31. The summed E-state index contributed by atoms with van der Waals surface area (Å²) in [5.41, 5.74) is 3.18. The molecular weight excluding hydrogens is 302 g/mol. The van der Waals surface area contributed by atoms with E-state index in [9.17, 15) is 4.79 Å². The summed E-state index contributed by atoms with van der Waals surface area (Å²) in [5.74, 6) is 0.557. The Balaban J connectivity index is 1.76. The molecule has 24 heavy (non-hydrogen) atoms. The summed E-state index contributed by atoms with van der Waals surface area (Å²) in [6.07, 6.45) is 0. The van der Waals surface area contributed by atoms with Crippen molar-refractivity contribution in [2.75, 3.05) is 7.11 Å². The Bertz CT molecular complexity index is 841. The number of methoxy groups -OCH3 is 1. The largest absolute Gasteiger partial charge is 0.497 e. The summed E-state index contributed by atoms with van der Waals surface area (Å²) >= 11 is 0. The molecule has 0 aliphatic carbocycles. The second-order valence-electron chi connectivity index (χ2n) is 5.45. The topological polar surface area (TPSA) is 56.2 Å². The number of aromatic nitrogens is 2. The molecule has 5 nitrogen and oxygen atoms in total. The van der Waals surface area contributed by atoms with Crippen molar-refractivity contribution in [1.82, 2.24) is 15.1 Å². The molecule has 0 radical (unpaired) electrons. The monoisotopic (exact) mass is 321 g/mol. The minimum Gasteiger partial charge on any atom is -0.497 e. The normalized spacial score (nSPS) is 10.4. The third kappa shape index (κ3) is 3.46. The Kier molecular flexibility index (Phi) is 4.61. The molecule has 1 aromatic heterocycles. The van der Waals surface area contributed by atoms with Crippen LogP contribution in [0.15, 0.2) is 60.7 Å². The van der Waals surface area contributed by atoms with Crippen LogP contribution in [-0.4, -0.2) is 22.8 Å². The molecule has 0 aliphatic rings. The number of nitrogens with zero attached hydrogens (tertiary/aromatic N) is 2. The summed E-state index contributed by atoms with van der Waals surface area (Å²) in [7, 11) is 1.62. The number of aryl methyl sites for hydroxylation is 1. The minimum absolute atomic E-state index is 0.191.